The highest BCUT2D eigenvalue weighted by atomic mass is 19.1. The zero-order chi connectivity index (χ0) is 101. The predicted octanol–water partition coefficient (Wildman–Crippen LogP) is 17.5. The van der Waals surface area contributed by atoms with Gasteiger partial charge in [-0.15, -0.1) is 0 Å². The fourth-order valence-corrected chi connectivity index (χ4v) is 17.4. The Morgan fingerprint density at radius 2 is 0.662 bits per heavy atom. The highest BCUT2D eigenvalue weighted by Crippen LogP contribution is 2.46. The first-order valence-corrected chi connectivity index (χ1v) is 46.5. The van der Waals surface area contributed by atoms with Crippen molar-refractivity contribution < 1.29 is 8.78 Å². The van der Waals surface area contributed by atoms with Crippen LogP contribution in [0.4, 0.5) is 111 Å². The Morgan fingerprint density at radius 3 is 1.12 bits per heavy atom. The number of halogens is 2. The summed E-state index contributed by atoms with van der Waals surface area (Å²) in [5.41, 5.74) is 50.6. The van der Waals surface area contributed by atoms with Crippen LogP contribution in [0.3, 0.4) is 0 Å². The average Bonchev–Trinajstić information content (AvgIpc) is 1.51. The van der Waals surface area contributed by atoms with Crippen molar-refractivity contribution in [3.63, 3.8) is 0 Å². The molecular weight excluding hydrogens is 1840 g/mol. The second kappa shape index (κ2) is 51.4. The maximum Gasteiger partial charge on any atom is 0.253 e. The molecule has 30 heteroatoms. The number of fused-ring (bicyclic) bond motifs is 3. The van der Waals surface area contributed by atoms with E-state index in [0.717, 1.165) is 91.7 Å². The molecule has 28 nitrogen and oxygen atoms in total. The first kappa shape index (κ1) is 122. The zero-order valence-corrected chi connectivity index (χ0v) is 81.1. The summed E-state index contributed by atoms with van der Waals surface area (Å²) >= 11 is 0. The molecule has 0 fully saturated rings. The van der Waals surface area contributed by atoms with Gasteiger partial charge in [-0.25, -0.2) is 8.78 Å². The van der Waals surface area contributed by atoms with Crippen molar-refractivity contribution in [2.24, 2.45) is 41.4 Å². The van der Waals surface area contributed by atoms with E-state index in [-0.39, 0.29) is 132 Å². The lowest BCUT2D eigenvalue weighted by Crippen LogP contribution is -2.41. The molecule has 0 bridgehead atoms. The number of anilines is 18. The summed E-state index contributed by atoms with van der Waals surface area (Å²) in [7, 11) is 0. The van der Waals surface area contributed by atoms with Gasteiger partial charge >= 0.3 is 0 Å². The zero-order valence-electron chi connectivity index (χ0n) is 81.1. The van der Waals surface area contributed by atoms with Gasteiger partial charge in [-0.2, -0.15) is 0 Å². The Hall–Kier alpha value is -14.8. The van der Waals surface area contributed by atoms with Gasteiger partial charge in [0.1, 0.15) is 91.3 Å². The largest absolute Gasteiger partial charge is 0.394 e. The lowest BCUT2D eigenvalue weighted by atomic mass is 9.86. The predicted molar refractivity (Wildman–Crippen MR) is 604 cm³/mol. The first-order chi connectivity index (χ1) is 64.9. The molecular formula is C115H152F2N14O14. The standard InChI is InChI=1S/C18H22N2O2.2C16H18N2O2.C15H17FN2O2.C15H18N2O2.C14H15FN2O2.C14H16N2O2.7CH4/c1-10(2)7-11-5-6-12-13(8-11)20(9-18(12,3)4)15-14(19)16(21)17(15)22;1-9(2)5-10-3-4-11-7-18(8-12(11)6-10)14-13(17)15(19)16(14)20;1-9(2)7-10-3-4-11-5-6-18(12(11)8-10)14-13(17)15(19)16(14)20;1-8(2)5-9-3-4-11(16)10(6-9)7-18-13-12(17)14(19)15(13)20;1-9(2)6-10-4-3-5-11(7-10)8-17-13-12(16)14(18)15(13)19;1-7(2)3-8-4-9(15)6-10(5-8)17-12-11(16)13(18)14(12)19;1-8(2)6-9-4-3-5-10(7-9)16-12-11(15)13(17)14(12)18;;;;;;;/h5-6,8,10H,7,9,19H2,1-4H3;3-4,6,9H,5,7-8,17H2,1-2H3;3-4,8-9H,5-7,17H2,1-2H3;3-4,6,8,18H,5,7,17H2,1-2H3;3-5,7,9,17H,6,8,16H2,1-2H3;4-7,17H,3,16H2,1-2H3;3-5,7-8,16H,6,15H2,1-2H3;7*1H4. The van der Waals surface area contributed by atoms with E-state index in [1.54, 1.807) is 18.2 Å². The van der Waals surface area contributed by atoms with Gasteiger partial charge in [0.15, 0.2) is 0 Å². The molecule has 18 N–H and O–H groups in total. The highest BCUT2D eigenvalue weighted by molar-refractivity contribution is 5.85. The van der Waals surface area contributed by atoms with Crippen LogP contribution in [0.5, 0.6) is 0 Å². The topological polar surface area (TPSA) is 479 Å². The molecule has 14 aromatic carbocycles. The third-order valence-electron chi connectivity index (χ3n) is 24.0. The molecule has 17 rings (SSSR count). The van der Waals surface area contributed by atoms with Crippen LogP contribution >= 0.6 is 0 Å². The van der Waals surface area contributed by atoms with E-state index < -0.39 is 81.8 Å². The molecule has 0 saturated carbocycles. The molecule has 0 unspecified atom stereocenters. The minimum absolute atomic E-state index is 0. The number of hydrogen-bond donors (Lipinski definition) is 11. The molecule has 0 aliphatic carbocycles. The molecule has 14 aromatic rings. The minimum atomic E-state index is -0.693. The van der Waals surface area contributed by atoms with Crippen LogP contribution in [0.1, 0.15) is 235 Å². The van der Waals surface area contributed by atoms with Gasteiger partial charge in [-0.3, -0.25) is 67.1 Å². The molecule has 0 amide bonds. The molecule has 3 heterocycles. The van der Waals surface area contributed by atoms with Crippen LogP contribution in [-0.2, 0) is 83.0 Å². The van der Waals surface area contributed by atoms with Crippen LogP contribution in [0.25, 0.3) is 0 Å². The van der Waals surface area contributed by atoms with E-state index in [9.17, 15) is 75.9 Å². The van der Waals surface area contributed by atoms with Gasteiger partial charge < -0.3 is 76.1 Å². The van der Waals surface area contributed by atoms with Crippen molar-refractivity contribution in [2.75, 3.05) is 89.2 Å². The highest BCUT2D eigenvalue weighted by Gasteiger charge is 2.40. The Bertz CT molecular complexity index is 7390. The summed E-state index contributed by atoms with van der Waals surface area (Å²) in [6.45, 7) is 37.7. The fraction of sp³-hybridized carbons (Fsp3) is 0.391. The number of nitrogens with two attached hydrogens (primary N) is 7. The van der Waals surface area contributed by atoms with Crippen molar-refractivity contribution in [2.45, 2.75) is 246 Å². The second-order valence-corrected chi connectivity index (χ2v) is 39.6. The van der Waals surface area contributed by atoms with E-state index in [4.69, 9.17) is 40.1 Å². The number of nitrogens with one attached hydrogen (secondary N) is 4. The van der Waals surface area contributed by atoms with Crippen LogP contribution in [-0.4, -0.2) is 13.1 Å². The van der Waals surface area contributed by atoms with Crippen molar-refractivity contribution >= 4 is 102 Å². The summed E-state index contributed by atoms with van der Waals surface area (Å²) in [4.78, 5) is 164. The first-order valence-electron chi connectivity index (χ1n) is 46.5. The number of rotatable bonds is 27. The van der Waals surface area contributed by atoms with Crippen molar-refractivity contribution in [3.05, 3.63) is 367 Å². The van der Waals surface area contributed by atoms with E-state index >= 15 is 0 Å². The lowest BCUT2D eigenvalue weighted by Gasteiger charge is -2.24. The third-order valence-corrected chi connectivity index (χ3v) is 24.0. The van der Waals surface area contributed by atoms with E-state index in [0.29, 0.717) is 95.9 Å². The molecule has 3 aliphatic rings. The molecule has 780 valence electrons. The Kier molecular flexibility index (Phi) is 43.4. The van der Waals surface area contributed by atoms with Crippen LogP contribution in [0.15, 0.2) is 207 Å². The van der Waals surface area contributed by atoms with Gasteiger partial charge in [-0.05, 0) is 208 Å². The average molecular weight is 1990 g/mol. The molecule has 3 aliphatic heterocycles. The van der Waals surface area contributed by atoms with Crippen LogP contribution in [0.2, 0.25) is 0 Å². The van der Waals surface area contributed by atoms with Crippen LogP contribution in [0, 0.1) is 53.1 Å². The second-order valence-electron chi connectivity index (χ2n) is 39.6. The lowest BCUT2D eigenvalue weighted by molar-refractivity contribution is 0.568. The molecule has 0 aromatic heterocycles. The Balaban J connectivity index is 0.000000350. The normalized spacial score (nSPS) is 12.3. The van der Waals surface area contributed by atoms with Gasteiger partial charge in [-0.1, -0.05) is 254 Å². The van der Waals surface area contributed by atoms with Crippen molar-refractivity contribution in [1.29, 1.82) is 0 Å². The van der Waals surface area contributed by atoms with Crippen LogP contribution < -0.4 is 152 Å². The quantitative estimate of drug-likeness (QED) is 0.0213. The number of hydrogen-bond acceptors (Lipinski definition) is 28. The SMILES string of the molecule is C.C.C.C.C.C.C.CC(C)Cc1cc(F)cc(Nc2c(N)c(=O)c2=O)c1.CC(C)Cc1ccc(F)c(CNc2c(N)c(=O)c2=O)c1.CC(C)Cc1ccc2c(c1)CN(c1c(N)c(=O)c1=O)C2.CC(C)Cc1ccc2c(c1)N(c1c(N)c(=O)c1=O)CC2.CC(C)Cc1ccc2c(c1)N(c1c(N)c(=O)c1=O)CC2(C)C.CC(C)Cc1cccc(CNc2c(N)c(=O)c2=O)c1.CC(C)Cc1cccc(Nc2c(N)c(=O)c2=O)c1. The number of nitrogens with zero attached hydrogens (tertiary/aromatic N) is 3. The number of benzene rings is 7. The molecule has 0 spiro atoms. The van der Waals surface area contributed by atoms with E-state index in [2.05, 4.69) is 185 Å². The Labute approximate surface area is 849 Å². The number of nitrogen functional groups attached to an aromatic ring is 7. The summed E-state index contributed by atoms with van der Waals surface area (Å²) in [6.07, 6.45) is 7.51. The third kappa shape index (κ3) is 28.4. The molecule has 0 radical (unpaired) electrons. The summed E-state index contributed by atoms with van der Waals surface area (Å²) in [5, 5.41) is 11.3. The fourth-order valence-electron chi connectivity index (χ4n) is 17.4. The molecule has 0 saturated heterocycles. The van der Waals surface area contributed by atoms with Gasteiger partial charge in [0.25, 0.3) is 76.0 Å². The smallest absolute Gasteiger partial charge is 0.253 e. The maximum absolute atomic E-state index is 13.7. The molecule has 145 heavy (non-hydrogen) atoms. The molecule has 0 atom stereocenters. The van der Waals surface area contributed by atoms with E-state index in [1.807, 2.05) is 64.9 Å². The maximum atomic E-state index is 13.7. The minimum Gasteiger partial charge on any atom is -0.394 e. The monoisotopic (exact) mass is 1990 g/mol. The van der Waals surface area contributed by atoms with Gasteiger partial charge in [0, 0.05) is 73.0 Å². The van der Waals surface area contributed by atoms with Crippen molar-refractivity contribution in [1.82, 2.24) is 0 Å². The summed E-state index contributed by atoms with van der Waals surface area (Å²) in [6, 6.07) is 44.7. The van der Waals surface area contributed by atoms with E-state index in [1.165, 1.54) is 68.3 Å². The summed E-state index contributed by atoms with van der Waals surface area (Å²) in [5.74, 6) is 3.08. The van der Waals surface area contributed by atoms with Gasteiger partial charge in [0.05, 0.1) is 0 Å². The summed E-state index contributed by atoms with van der Waals surface area (Å²) < 4.78 is 27.2. The Morgan fingerprint density at radius 1 is 0.310 bits per heavy atom. The van der Waals surface area contributed by atoms with Gasteiger partial charge in [0.2, 0.25) is 0 Å². The van der Waals surface area contributed by atoms with Crippen molar-refractivity contribution in [3.8, 4) is 0 Å².